The van der Waals surface area contributed by atoms with Crippen LogP contribution in [-0.4, -0.2) is 109 Å². The summed E-state index contributed by atoms with van der Waals surface area (Å²) in [4.78, 5) is 33.5. The summed E-state index contributed by atoms with van der Waals surface area (Å²) in [6, 6.07) is 0. The summed E-state index contributed by atoms with van der Waals surface area (Å²) in [5, 5.41) is 11.0. The first-order valence-corrected chi connectivity index (χ1v) is 11.1. The Labute approximate surface area is 195 Å². The van der Waals surface area contributed by atoms with Gasteiger partial charge in [-0.25, -0.2) is 0 Å². The number of ether oxygens (including phenoxy) is 6. The average molecular weight is 476 g/mol. The van der Waals surface area contributed by atoms with Crippen LogP contribution >= 0.6 is 0 Å². The fourth-order valence-corrected chi connectivity index (χ4v) is 2.09. The molecule has 0 rings (SSSR count). The molecule has 0 saturated carbocycles. The topological polar surface area (TPSA) is 139 Å². The Hall–Kier alpha value is -2.07. The van der Waals surface area contributed by atoms with Crippen LogP contribution in [0.3, 0.4) is 0 Å². The van der Waals surface area contributed by atoms with Gasteiger partial charge in [-0.05, 0) is 19.3 Å². The number of carbonyl (C=O) groups is 3. The summed E-state index contributed by atoms with van der Waals surface area (Å²) >= 11 is 0. The van der Waals surface area contributed by atoms with Gasteiger partial charge in [0, 0.05) is 32.1 Å². The molecule has 11 heteroatoms. The summed E-state index contributed by atoms with van der Waals surface area (Å²) in [6.07, 6.45) is 0.715. The lowest BCUT2D eigenvalue weighted by atomic mass is 10.2. The molecular weight excluding hydrogens is 438 g/mol. The summed E-state index contributed by atoms with van der Waals surface area (Å²) in [7, 11) is 0. The second kappa shape index (κ2) is 24.6. The van der Waals surface area contributed by atoms with Gasteiger partial charge in [-0.15, -0.1) is 0 Å². The lowest BCUT2D eigenvalue weighted by Gasteiger charge is -2.06. The van der Waals surface area contributed by atoms with E-state index in [9.17, 15) is 14.4 Å². The Morgan fingerprint density at radius 3 is 1.76 bits per heavy atom. The highest BCUT2D eigenvalue weighted by atomic mass is 16.5. The van der Waals surface area contributed by atoms with Crippen LogP contribution in [0.15, 0.2) is 0 Å². The Kier molecular flexibility index (Phi) is 23.0. The van der Waals surface area contributed by atoms with Gasteiger partial charge in [0.2, 0.25) is 5.78 Å². The Morgan fingerprint density at radius 2 is 1.18 bits per heavy atom. The second-order valence-corrected chi connectivity index (χ2v) is 6.44. The van der Waals surface area contributed by atoms with Gasteiger partial charge < -0.3 is 38.8 Å². The Balaban J connectivity index is 3.44. The normalized spacial score (nSPS) is 10.5. The second-order valence-electron chi connectivity index (χ2n) is 6.44. The number of ketones is 1. The first-order valence-electron chi connectivity index (χ1n) is 11.1. The predicted octanol–water partition coefficient (Wildman–Crippen LogP) is 0.0495. The smallest absolute Gasteiger partial charge is 0.305 e. The zero-order chi connectivity index (χ0) is 24.4. The fraction of sp³-hybridized carbons (Fsp3) is 0.773. The van der Waals surface area contributed by atoms with Crippen molar-refractivity contribution in [3.05, 3.63) is 0 Å². The minimum Gasteiger partial charge on any atom is -0.481 e. The van der Waals surface area contributed by atoms with Crippen LogP contribution in [0.4, 0.5) is 0 Å². The van der Waals surface area contributed by atoms with E-state index in [0.29, 0.717) is 72.5 Å². The molecule has 0 saturated heterocycles. The van der Waals surface area contributed by atoms with Crippen LogP contribution in [0.2, 0.25) is 0 Å². The molecule has 33 heavy (non-hydrogen) atoms. The van der Waals surface area contributed by atoms with Gasteiger partial charge in [-0.3, -0.25) is 14.4 Å². The largest absolute Gasteiger partial charge is 0.481 e. The molecule has 1 amide bonds. The van der Waals surface area contributed by atoms with Crippen LogP contribution < -0.4 is 5.32 Å². The maximum atomic E-state index is 11.7. The van der Waals surface area contributed by atoms with E-state index < -0.39 is 11.9 Å². The number of carboxylic acids is 1. The third-order valence-corrected chi connectivity index (χ3v) is 3.69. The van der Waals surface area contributed by atoms with Crippen molar-refractivity contribution in [2.24, 2.45) is 0 Å². The number of rotatable bonds is 23. The van der Waals surface area contributed by atoms with Gasteiger partial charge in [0.15, 0.2) is 0 Å². The molecule has 0 spiro atoms. The van der Waals surface area contributed by atoms with E-state index in [-0.39, 0.29) is 38.4 Å². The molecule has 0 atom stereocenters. The SMILES string of the molecule is CCOCCOCCOCCCC(=O)C#CC(=O)NCCOCCOCCOCCC(=O)O. The van der Waals surface area contributed by atoms with Crippen molar-refractivity contribution in [1.82, 2.24) is 5.32 Å². The molecule has 0 aromatic rings. The van der Waals surface area contributed by atoms with Gasteiger partial charge in [0.05, 0.1) is 72.5 Å². The van der Waals surface area contributed by atoms with Crippen molar-refractivity contribution in [1.29, 1.82) is 0 Å². The lowest BCUT2D eigenvalue weighted by Crippen LogP contribution is -2.26. The van der Waals surface area contributed by atoms with E-state index in [2.05, 4.69) is 17.2 Å². The minimum absolute atomic E-state index is 0.0328. The van der Waals surface area contributed by atoms with E-state index in [1.807, 2.05) is 6.92 Å². The van der Waals surface area contributed by atoms with E-state index in [4.69, 9.17) is 33.5 Å². The predicted molar refractivity (Wildman–Crippen MR) is 118 cm³/mol. The van der Waals surface area contributed by atoms with Crippen LogP contribution in [0.1, 0.15) is 26.2 Å². The van der Waals surface area contributed by atoms with Gasteiger partial charge in [-0.1, -0.05) is 0 Å². The van der Waals surface area contributed by atoms with Gasteiger partial charge >= 0.3 is 5.97 Å². The number of hydrogen-bond donors (Lipinski definition) is 2. The molecular formula is C22H37NO10. The lowest BCUT2D eigenvalue weighted by molar-refractivity contribution is -0.138. The van der Waals surface area contributed by atoms with Crippen molar-refractivity contribution in [2.75, 3.05) is 85.8 Å². The van der Waals surface area contributed by atoms with E-state index in [1.54, 1.807) is 0 Å². The molecule has 190 valence electrons. The zero-order valence-corrected chi connectivity index (χ0v) is 19.4. The average Bonchev–Trinajstić information content (AvgIpc) is 2.79. The molecule has 11 nitrogen and oxygen atoms in total. The van der Waals surface area contributed by atoms with Crippen molar-refractivity contribution >= 4 is 17.7 Å². The van der Waals surface area contributed by atoms with E-state index in [1.165, 1.54) is 0 Å². The number of carbonyl (C=O) groups excluding carboxylic acids is 2. The molecule has 0 aliphatic carbocycles. The first-order chi connectivity index (χ1) is 16.1. The van der Waals surface area contributed by atoms with Crippen LogP contribution in [-0.2, 0) is 42.8 Å². The van der Waals surface area contributed by atoms with E-state index >= 15 is 0 Å². The monoisotopic (exact) mass is 475 g/mol. The molecule has 2 N–H and O–H groups in total. The molecule has 0 heterocycles. The molecule has 0 aliphatic heterocycles. The summed E-state index contributed by atoms with van der Waals surface area (Å²) < 4.78 is 31.4. The van der Waals surface area contributed by atoms with Crippen LogP contribution in [0.25, 0.3) is 0 Å². The number of aliphatic carboxylic acids is 1. The van der Waals surface area contributed by atoms with Gasteiger partial charge in [0.25, 0.3) is 5.91 Å². The summed E-state index contributed by atoms with van der Waals surface area (Å²) in [5.41, 5.74) is 0. The number of carboxylic acid groups (broad SMARTS) is 1. The van der Waals surface area contributed by atoms with Crippen molar-refractivity contribution < 1.29 is 47.9 Å². The van der Waals surface area contributed by atoms with Crippen molar-refractivity contribution in [2.45, 2.75) is 26.2 Å². The maximum absolute atomic E-state index is 11.7. The fourth-order valence-electron chi connectivity index (χ4n) is 2.09. The highest BCUT2D eigenvalue weighted by molar-refractivity contribution is 6.03. The van der Waals surface area contributed by atoms with Gasteiger partial charge in [-0.2, -0.15) is 0 Å². The third-order valence-electron chi connectivity index (χ3n) is 3.69. The first kappa shape index (κ1) is 30.9. The molecule has 0 aromatic heterocycles. The highest BCUT2D eigenvalue weighted by Gasteiger charge is 2.00. The summed E-state index contributed by atoms with van der Waals surface area (Å²) in [5.74, 6) is 2.81. The van der Waals surface area contributed by atoms with E-state index in [0.717, 1.165) is 0 Å². The molecule has 0 aliphatic rings. The molecule has 0 aromatic carbocycles. The third kappa shape index (κ3) is 26.1. The Morgan fingerprint density at radius 1 is 0.667 bits per heavy atom. The molecule has 0 radical (unpaired) electrons. The number of Topliss-reactive ketones (excluding diaryl/α,β-unsaturated/α-hetero) is 1. The number of hydrogen-bond acceptors (Lipinski definition) is 9. The van der Waals surface area contributed by atoms with Crippen LogP contribution in [0, 0.1) is 11.8 Å². The standard InChI is InChI=1S/C22H37NO10/c1-2-28-12-13-32-17-14-29-9-3-4-20(24)5-6-21(25)23-8-11-31-16-19-33-18-15-30-10-7-22(26)27/h2-4,7-19H2,1H3,(H,23,25)(H,26,27). The maximum Gasteiger partial charge on any atom is 0.305 e. The zero-order valence-electron chi connectivity index (χ0n) is 19.4. The van der Waals surface area contributed by atoms with Crippen molar-refractivity contribution in [3.8, 4) is 11.8 Å². The molecule has 0 unspecified atom stereocenters. The van der Waals surface area contributed by atoms with Crippen molar-refractivity contribution in [3.63, 3.8) is 0 Å². The number of nitrogens with one attached hydrogen (secondary N) is 1. The highest BCUT2D eigenvalue weighted by Crippen LogP contribution is 1.92. The van der Waals surface area contributed by atoms with Crippen LogP contribution in [0.5, 0.6) is 0 Å². The number of amides is 1. The summed E-state index contributed by atoms with van der Waals surface area (Å²) in [6.45, 7) is 7.10. The Bertz CT molecular complexity index is 573. The molecule has 0 bridgehead atoms. The molecule has 0 fully saturated rings. The quantitative estimate of drug-likeness (QED) is 0.118. The minimum atomic E-state index is -0.901. The van der Waals surface area contributed by atoms with Gasteiger partial charge in [0.1, 0.15) is 0 Å².